The molecule has 2 heteroatoms. The van der Waals surface area contributed by atoms with Gasteiger partial charge in [0.2, 0.25) is 0 Å². The summed E-state index contributed by atoms with van der Waals surface area (Å²) < 4.78 is 1.09. The molecule has 2 aromatic carbocycles. The molecule has 0 saturated heterocycles. The van der Waals surface area contributed by atoms with Crippen molar-refractivity contribution in [3.05, 3.63) is 69.7 Å². The molecule has 1 aliphatic carbocycles. The van der Waals surface area contributed by atoms with Crippen molar-refractivity contribution in [3.8, 4) is 0 Å². The Balaban J connectivity index is 2.00. The molecule has 1 unspecified atom stereocenters. The van der Waals surface area contributed by atoms with E-state index in [9.17, 15) is 0 Å². The minimum absolute atomic E-state index is 0.0487. The van der Waals surface area contributed by atoms with Crippen LogP contribution in [0.5, 0.6) is 0 Å². The minimum atomic E-state index is -0.0487. The van der Waals surface area contributed by atoms with Crippen LogP contribution in [0.25, 0.3) is 0 Å². The standard InChI is InChI=1S/C17H18BrN/c18-16-11-4-3-10-15(16)17(19)14-9-2-1-8-13(14)12-6-5-7-12/h1-4,8-12,17H,5-7,19H2. The molecule has 3 rings (SSSR count). The van der Waals surface area contributed by atoms with Gasteiger partial charge in [-0.15, -0.1) is 0 Å². The van der Waals surface area contributed by atoms with E-state index in [0.29, 0.717) is 5.92 Å². The summed E-state index contributed by atoms with van der Waals surface area (Å²) in [5, 5.41) is 0. The number of nitrogens with two attached hydrogens (primary N) is 1. The third kappa shape index (κ3) is 2.47. The first kappa shape index (κ1) is 12.9. The zero-order chi connectivity index (χ0) is 13.2. The first-order valence-corrected chi connectivity index (χ1v) is 7.65. The SMILES string of the molecule is NC(c1ccccc1Br)c1ccccc1C1CCC1. The maximum Gasteiger partial charge on any atom is 0.0565 e. The average molecular weight is 316 g/mol. The lowest BCUT2D eigenvalue weighted by atomic mass is 9.76. The van der Waals surface area contributed by atoms with Crippen LogP contribution in [-0.4, -0.2) is 0 Å². The van der Waals surface area contributed by atoms with E-state index in [2.05, 4.69) is 52.3 Å². The molecule has 0 radical (unpaired) electrons. The fraction of sp³-hybridized carbons (Fsp3) is 0.294. The van der Waals surface area contributed by atoms with Crippen molar-refractivity contribution in [2.75, 3.05) is 0 Å². The summed E-state index contributed by atoms with van der Waals surface area (Å²) in [6, 6.07) is 16.8. The lowest BCUT2D eigenvalue weighted by Gasteiger charge is -2.29. The molecular weight excluding hydrogens is 298 g/mol. The van der Waals surface area contributed by atoms with Gasteiger partial charge in [-0.05, 0) is 41.5 Å². The Morgan fingerprint density at radius 2 is 1.58 bits per heavy atom. The predicted octanol–water partition coefficient (Wildman–Crippen LogP) is 4.76. The van der Waals surface area contributed by atoms with Gasteiger partial charge in [-0.2, -0.15) is 0 Å². The van der Waals surface area contributed by atoms with Gasteiger partial charge in [0.05, 0.1) is 6.04 Å². The Bertz CT molecular complexity index is 575. The maximum atomic E-state index is 6.50. The first-order chi connectivity index (χ1) is 9.27. The molecule has 98 valence electrons. The van der Waals surface area contributed by atoms with E-state index < -0.39 is 0 Å². The lowest BCUT2D eigenvalue weighted by molar-refractivity contribution is 0.416. The number of halogens is 1. The van der Waals surface area contributed by atoms with E-state index >= 15 is 0 Å². The largest absolute Gasteiger partial charge is 0.320 e. The van der Waals surface area contributed by atoms with Crippen molar-refractivity contribution < 1.29 is 0 Å². The fourth-order valence-corrected chi connectivity index (χ4v) is 3.31. The van der Waals surface area contributed by atoms with Crippen molar-refractivity contribution in [2.45, 2.75) is 31.2 Å². The van der Waals surface area contributed by atoms with Gasteiger partial charge in [-0.25, -0.2) is 0 Å². The Morgan fingerprint density at radius 1 is 0.947 bits per heavy atom. The first-order valence-electron chi connectivity index (χ1n) is 6.86. The van der Waals surface area contributed by atoms with Crippen LogP contribution in [0, 0.1) is 0 Å². The number of benzene rings is 2. The second-order valence-corrected chi connectivity index (χ2v) is 6.11. The highest BCUT2D eigenvalue weighted by Crippen LogP contribution is 2.40. The maximum absolute atomic E-state index is 6.50. The molecule has 1 saturated carbocycles. The number of hydrogen-bond acceptors (Lipinski definition) is 1. The molecule has 0 aliphatic heterocycles. The fourth-order valence-electron chi connectivity index (χ4n) is 2.78. The summed E-state index contributed by atoms with van der Waals surface area (Å²) in [5.41, 5.74) is 10.4. The summed E-state index contributed by atoms with van der Waals surface area (Å²) in [6.07, 6.45) is 3.96. The van der Waals surface area contributed by atoms with E-state index in [1.807, 2.05) is 12.1 Å². The summed E-state index contributed by atoms with van der Waals surface area (Å²) in [7, 11) is 0. The van der Waals surface area contributed by atoms with E-state index in [-0.39, 0.29) is 6.04 Å². The molecule has 0 aromatic heterocycles. The van der Waals surface area contributed by atoms with E-state index in [1.54, 1.807) is 0 Å². The normalized spacial score (nSPS) is 16.9. The molecule has 2 aromatic rings. The molecule has 0 heterocycles. The predicted molar refractivity (Wildman–Crippen MR) is 83.2 cm³/mol. The van der Waals surface area contributed by atoms with E-state index in [0.717, 1.165) is 10.0 Å². The second kappa shape index (κ2) is 5.48. The molecule has 1 nitrogen and oxygen atoms in total. The van der Waals surface area contributed by atoms with Gasteiger partial charge in [0, 0.05) is 4.47 Å². The molecule has 19 heavy (non-hydrogen) atoms. The number of rotatable bonds is 3. The number of hydrogen-bond donors (Lipinski definition) is 1. The highest BCUT2D eigenvalue weighted by atomic mass is 79.9. The Morgan fingerprint density at radius 3 is 2.21 bits per heavy atom. The molecule has 0 bridgehead atoms. The van der Waals surface area contributed by atoms with Gasteiger partial charge < -0.3 is 5.73 Å². The van der Waals surface area contributed by atoms with Crippen molar-refractivity contribution in [2.24, 2.45) is 5.73 Å². The second-order valence-electron chi connectivity index (χ2n) is 5.26. The third-order valence-electron chi connectivity index (χ3n) is 4.12. The Kier molecular flexibility index (Phi) is 3.72. The van der Waals surface area contributed by atoms with Crippen LogP contribution in [0.2, 0.25) is 0 Å². The quantitative estimate of drug-likeness (QED) is 0.867. The zero-order valence-electron chi connectivity index (χ0n) is 10.9. The van der Waals surface area contributed by atoms with Crippen molar-refractivity contribution >= 4 is 15.9 Å². The highest BCUT2D eigenvalue weighted by Gasteiger charge is 2.24. The van der Waals surface area contributed by atoms with Crippen LogP contribution in [0.4, 0.5) is 0 Å². The van der Waals surface area contributed by atoms with Crippen LogP contribution in [0.1, 0.15) is 47.9 Å². The van der Waals surface area contributed by atoms with Crippen LogP contribution >= 0.6 is 15.9 Å². The van der Waals surface area contributed by atoms with Crippen LogP contribution in [0.3, 0.4) is 0 Å². The van der Waals surface area contributed by atoms with Crippen molar-refractivity contribution in [1.29, 1.82) is 0 Å². The Labute approximate surface area is 123 Å². The van der Waals surface area contributed by atoms with E-state index in [1.165, 1.54) is 30.4 Å². The minimum Gasteiger partial charge on any atom is -0.320 e. The van der Waals surface area contributed by atoms with Gasteiger partial charge >= 0.3 is 0 Å². The summed E-state index contributed by atoms with van der Waals surface area (Å²) in [6.45, 7) is 0. The van der Waals surface area contributed by atoms with Gasteiger partial charge in [0.15, 0.2) is 0 Å². The summed E-state index contributed by atoms with van der Waals surface area (Å²) in [4.78, 5) is 0. The Hall–Kier alpha value is -1.12. The third-order valence-corrected chi connectivity index (χ3v) is 4.84. The van der Waals surface area contributed by atoms with Gasteiger partial charge in [-0.1, -0.05) is 64.8 Å². The molecule has 2 N–H and O–H groups in total. The molecule has 0 spiro atoms. The highest BCUT2D eigenvalue weighted by molar-refractivity contribution is 9.10. The van der Waals surface area contributed by atoms with Crippen molar-refractivity contribution in [3.63, 3.8) is 0 Å². The lowest BCUT2D eigenvalue weighted by Crippen LogP contribution is -2.18. The van der Waals surface area contributed by atoms with E-state index in [4.69, 9.17) is 5.73 Å². The van der Waals surface area contributed by atoms with Gasteiger partial charge in [0.25, 0.3) is 0 Å². The molecule has 1 fully saturated rings. The summed E-state index contributed by atoms with van der Waals surface area (Å²) in [5.74, 6) is 0.713. The summed E-state index contributed by atoms with van der Waals surface area (Å²) >= 11 is 3.61. The molecule has 1 atom stereocenters. The van der Waals surface area contributed by atoms with Gasteiger partial charge in [0.1, 0.15) is 0 Å². The van der Waals surface area contributed by atoms with Crippen LogP contribution in [-0.2, 0) is 0 Å². The zero-order valence-corrected chi connectivity index (χ0v) is 12.4. The smallest absolute Gasteiger partial charge is 0.0565 e. The molecule has 1 aliphatic rings. The van der Waals surface area contributed by atoms with Crippen molar-refractivity contribution in [1.82, 2.24) is 0 Å². The van der Waals surface area contributed by atoms with Gasteiger partial charge in [-0.3, -0.25) is 0 Å². The monoisotopic (exact) mass is 315 g/mol. The topological polar surface area (TPSA) is 26.0 Å². The van der Waals surface area contributed by atoms with Crippen LogP contribution < -0.4 is 5.73 Å². The van der Waals surface area contributed by atoms with Crippen LogP contribution in [0.15, 0.2) is 53.0 Å². The average Bonchev–Trinajstić information content (AvgIpc) is 2.37. The molecular formula is C17H18BrN. The molecule has 0 amide bonds.